The number of rotatable bonds is 6. The summed E-state index contributed by atoms with van der Waals surface area (Å²) in [5.74, 6) is 0.481. The van der Waals surface area contributed by atoms with Gasteiger partial charge in [0.1, 0.15) is 30.1 Å². The smallest absolute Gasteiger partial charge is 0.280 e. The van der Waals surface area contributed by atoms with Gasteiger partial charge in [-0.05, 0) is 48.9 Å². The van der Waals surface area contributed by atoms with Crippen molar-refractivity contribution < 1.29 is 23.5 Å². The van der Waals surface area contributed by atoms with Crippen molar-refractivity contribution in [1.82, 2.24) is 0 Å². The largest absolute Gasteiger partial charge is 0.491 e. The first kappa shape index (κ1) is 22.1. The summed E-state index contributed by atoms with van der Waals surface area (Å²) in [4.78, 5) is 29.6. The maximum absolute atomic E-state index is 12.8. The molecule has 7 nitrogen and oxygen atoms in total. The quantitative estimate of drug-likeness (QED) is 0.583. The number of nitrogens with one attached hydrogen (secondary N) is 1. The molecule has 1 unspecified atom stereocenters. The predicted molar refractivity (Wildman–Crippen MR) is 128 cm³/mol. The Hall–Kier alpha value is -3.71. The highest BCUT2D eigenvalue weighted by atomic mass is 16.5. The third-order valence-corrected chi connectivity index (χ3v) is 6.04. The zero-order valence-electron chi connectivity index (χ0n) is 18.8. The second-order valence-electron chi connectivity index (χ2n) is 8.55. The highest BCUT2D eigenvalue weighted by molar-refractivity contribution is 6.45. The molecule has 1 aromatic heterocycles. The van der Waals surface area contributed by atoms with Crippen LogP contribution in [0.1, 0.15) is 46.5 Å². The van der Waals surface area contributed by atoms with E-state index in [1.54, 1.807) is 6.07 Å². The molecule has 0 spiro atoms. The summed E-state index contributed by atoms with van der Waals surface area (Å²) in [6.45, 7) is 1.27. The molecule has 3 aromatic rings. The Balaban J connectivity index is 1.24. The van der Waals surface area contributed by atoms with E-state index in [9.17, 15) is 9.59 Å². The van der Waals surface area contributed by atoms with Crippen LogP contribution in [-0.2, 0) is 22.4 Å². The van der Waals surface area contributed by atoms with Crippen LogP contribution in [0.25, 0.3) is 0 Å². The van der Waals surface area contributed by atoms with E-state index >= 15 is 0 Å². The molecule has 2 aliphatic rings. The zero-order valence-corrected chi connectivity index (χ0v) is 18.8. The number of hydrogen-bond donors (Lipinski definition) is 1. The molecule has 1 saturated heterocycles. The van der Waals surface area contributed by atoms with Gasteiger partial charge in [0, 0.05) is 24.8 Å². The maximum atomic E-state index is 12.8. The van der Waals surface area contributed by atoms with Crippen molar-refractivity contribution in [3.05, 3.63) is 83.3 Å². The van der Waals surface area contributed by atoms with Crippen LogP contribution >= 0.6 is 0 Å². The van der Waals surface area contributed by atoms with Crippen LogP contribution in [0.15, 0.2) is 70.3 Å². The molecule has 1 fully saturated rings. The zero-order chi connectivity index (χ0) is 23.3. The van der Waals surface area contributed by atoms with Gasteiger partial charge >= 0.3 is 0 Å². The van der Waals surface area contributed by atoms with Gasteiger partial charge in [-0.15, -0.1) is 0 Å². The van der Waals surface area contributed by atoms with Gasteiger partial charge in [0.15, 0.2) is 0 Å². The number of nitrogens with zero attached hydrogens (tertiary/aromatic N) is 1. The van der Waals surface area contributed by atoms with E-state index in [-0.39, 0.29) is 17.7 Å². The van der Waals surface area contributed by atoms with E-state index in [1.807, 2.05) is 48.5 Å². The van der Waals surface area contributed by atoms with Crippen molar-refractivity contribution >= 4 is 23.2 Å². The highest BCUT2D eigenvalue weighted by Crippen LogP contribution is 2.27. The van der Waals surface area contributed by atoms with Crippen molar-refractivity contribution in [2.24, 2.45) is 4.99 Å². The lowest BCUT2D eigenvalue weighted by Gasteiger charge is -2.13. The first-order chi connectivity index (χ1) is 16.6. The molecule has 0 saturated carbocycles. The standard InChI is InChI=1S/C27H26N2O5/c30-26(20-14-23(33-16-20)13-18-5-2-1-3-6-18)28-24-11-9-19-8-10-21(15-25(19)29-27(24)31)34-17-22-7-4-12-32-22/h1-3,5-6,8,10,14-16,22H,4,7,9,11-13,17H2,(H,29,31)/b28-24+. The molecular formula is C27H26N2O5. The molecule has 34 heavy (non-hydrogen) atoms. The number of aliphatic imine (C=N–C) groups is 1. The normalized spacial score (nSPS) is 18.9. The van der Waals surface area contributed by atoms with Crippen molar-refractivity contribution in [3.63, 3.8) is 0 Å². The van der Waals surface area contributed by atoms with Gasteiger partial charge in [-0.3, -0.25) is 9.59 Å². The molecule has 3 heterocycles. The number of carbonyl (C=O) groups is 2. The Morgan fingerprint density at radius 2 is 2.00 bits per heavy atom. The summed E-state index contributed by atoms with van der Waals surface area (Å²) < 4.78 is 17.0. The fourth-order valence-electron chi connectivity index (χ4n) is 4.18. The average molecular weight is 459 g/mol. The minimum atomic E-state index is -0.486. The van der Waals surface area contributed by atoms with Crippen LogP contribution in [-0.4, -0.2) is 36.8 Å². The van der Waals surface area contributed by atoms with Gasteiger partial charge in [-0.1, -0.05) is 36.4 Å². The summed E-state index contributed by atoms with van der Waals surface area (Å²) >= 11 is 0. The number of aryl methyl sites for hydroxylation is 1. The third kappa shape index (κ3) is 5.26. The second-order valence-corrected chi connectivity index (χ2v) is 8.55. The number of fused-ring (bicyclic) bond motifs is 1. The van der Waals surface area contributed by atoms with Crippen molar-refractivity contribution in [2.75, 3.05) is 18.5 Å². The van der Waals surface area contributed by atoms with E-state index in [2.05, 4.69) is 10.3 Å². The van der Waals surface area contributed by atoms with Gasteiger partial charge in [0.25, 0.3) is 11.8 Å². The summed E-state index contributed by atoms with van der Waals surface area (Å²) in [5, 5.41) is 2.88. The summed E-state index contributed by atoms with van der Waals surface area (Å²) in [6.07, 6.45) is 5.12. The minimum Gasteiger partial charge on any atom is -0.491 e. The maximum Gasteiger partial charge on any atom is 0.280 e. The Bertz CT molecular complexity index is 1210. The molecule has 2 aromatic carbocycles. The van der Waals surface area contributed by atoms with Gasteiger partial charge < -0.3 is 19.2 Å². The van der Waals surface area contributed by atoms with Gasteiger partial charge in [0.05, 0.1) is 11.7 Å². The molecule has 174 valence electrons. The molecule has 7 heteroatoms. The number of furan rings is 1. The van der Waals surface area contributed by atoms with Gasteiger partial charge in [-0.25, -0.2) is 4.99 Å². The van der Waals surface area contributed by atoms with Crippen LogP contribution in [0.4, 0.5) is 5.69 Å². The van der Waals surface area contributed by atoms with Gasteiger partial charge in [0.2, 0.25) is 0 Å². The van der Waals surface area contributed by atoms with E-state index < -0.39 is 5.91 Å². The molecular weight excluding hydrogens is 432 g/mol. The Labute approximate surface area is 197 Å². The van der Waals surface area contributed by atoms with Crippen molar-refractivity contribution in [3.8, 4) is 5.75 Å². The number of benzene rings is 2. The minimum absolute atomic E-state index is 0.120. The lowest BCUT2D eigenvalue weighted by molar-refractivity contribution is -0.110. The lowest BCUT2D eigenvalue weighted by atomic mass is 10.1. The van der Waals surface area contributed by atoms with Crippen molar-refractivity contribution in [1.29, 1.82) is 0 Å². The number of hydrogen-bond acceptors (Lipinski definition) is 5. The number of carbonyl (C=O) groups excluding carboxylic acids is 2. The van der Waals surface area contributed by atoms with Crippen LogP contribution in [0.2, 0.25) is 0 Å². The Morgan fingerprint density at radius 1 is 1.12 bits per heavy atom. The van der Waals surface area contributed by atoms with Crippen LogP contribution in [0, 0.1) is 0 Å². The molecule has 1 atom stereocenters. The van der Waals surface area contributed by atoms with Crippen molar-refractivity contribution in [2.45, 2.75) is 38.2 Å². The topological polar surface area (TPSA) is 90.1 Å². The summed E-state index contributed by atoms with van der Waals surface area (Å²) in [5.41, 5.74) is 3.28. The molecule has 0 bridgehead atoms. The molecule has 0 aliphatic carbocycles. The second kappa shape index (κ2) is 10.1. The molecule has 0 radical (unpaired) electrons. The fraction of sp³-hybridized carbons (Fsp3) is 0.296. The average Bonchev–Trinajstić information content (AvgIpc) is 3.51. The number of ether oxygens (including phenoxy) is 2. The van der Waals surface area contributed by atoms with Gasteiger partial charge in [-0.2, -0.15) is 0 Å². The predicted octanol–water partition coefficient (Wildman–Crippen LogP) is 4.59. The van der Waals surface area contributed by atoms with Crippen LogP contribution in [0.3, 0.4) is 0 Å². The van der Waals surface area contributed by atoms with E-state index in [0.717, 1.165) is 30.6 Å². The summed E-state index contributed by atoms with van der Waals surface area (Å²) in [7, 11) is 0. The first-order valence-electron chi connectivity index (χ1n) is 11.6. The molecule has 2 amide bonds. The van der Waals surface area contributed by atoms with E-state index in [4.69, 9.17) is 13.9 Å². The Morgan fingerprint density at radius 3 is 2.82 bits per heavy atom. The lowest BCUT2D eigenvalue weighted by Crippen LogP contribution is -2.22. The fourth-order valence-corrected chi connectivity index (χ4v) is 4.18. The first-order valence-corrected chi connectivity index (χ1v) is 11.6. The summed E-state index contributed by atoms with van der Waals surface area (Å²) in [6, 6.07) is 17.2. The van der Waals surface area contributed by atoms with Crippen LogP contribution < -0.4 is 10.1 Å². The van der Waals surface area contributed by atoms with E-state index in [1.165, 1.54) is 6.26 Å². The molecule has 1 N–H and O–H groups in total. The third-order valence-electron chi connectivity index (χ3n) is 6.04. The highest BCUT2D eigenvalue weighted by Gasteiger charge is 2.22. The molecule has 5 rings (SSSR count). The number of anilines is 1. The van der Waals surface area contributed by atoms with E-state index in [0.29, 0.717) is 48.6 Å². The monoisotopic (exact) mass is 458 g/mol. The SMILES string of the molecule is O=C1Nc2cc(OCC3CCCO3)ccc2CC/C1=N\C(=O)c1coc(Cc2ccccc2)c1. The van der Waals surface area contributed by atoms with Crippen LogP contribution in [0.5, 0.6) is 5.75 Å². The number of amides is 2. The Kier molecular flexibility index (Phi) is 6.53. The molecule has 2 aliphatic heterocycles.